The number of thiazole rings is 1. The quantitative estimate of drug-likeness (QED) is 0.799. The largest absolute Gasteiger partial charge is 0.294 e. The molecule has 1 fully saturated rings. The van der Waals surface area contributed by atoms with E-state index in [1.165, 1.54) is 24.7 Å². The van der Waals surface area contributed by atoms with E-state index in [2.05, 4.69) is 4.98 Å². The molecule has 0 bridgehead atoms. The van der Waals surface area contributed by atoms with Crippen LogP contribution in [0.4, 0.5) is 5.13 Å². The summed E-state index contributed by atoms with van der Waals surface area (Å²) < 4.78 is 0. The molecule has 0 spiro atoms. The first-order chi connectivity index (χ1) is 9.00. The van der Waals surface area contributed by atoms with Gasteiger partial charge in [0.1, 0.15) is 0 Å². The van der Waals surface area contributed by atoms with Crippen LogP contribution in [0, 0.1) is 12.8 Å². The van der Waals surface area contributed by atoms with Crippen molar-refractivity contribution < 1.29 is 9.59 Å². The molecule has 1 aliphatic rings. The van der Waals surface area contributed by atoms with E-state index in [1.54, 1.807) is 11.9 Å². The fourth-order valence-electron chi connectivity index (χ4n) is 2.57. The molecule has 4 nitrogen and oxygen atoms in total. The molecule has 1 aliphatic carbocycles. The number of aromatic nitrogens is 1. The van der Waals surface area contributed by atoms with E-state index in [0.717, 1.165) is 31.4 Å². The molecular formula is C14H20N2O2S. The molecule has 2 rings (SSSR count). The Balaban J connectivity index is 2.14. The van der Waals surface area contributed by atoms with E-state index < -0.39 is 0 Å². The summed E-state index contributed by atoms with van der Waals surface area (Å²) in [7, 11) is 1.76. The van der Waals surface area contributed by atoms with Crippen molar-refractivity contribution in [1.29, 1.82) is 0 Å². The van der Waals surface area contributed by atoms with Crippen molar-refractivity contribution in [2.75, 3.05) is 11.9 Å². The molecule has 1 aromatic rings. The highest BCUT2D eigenvalue weighted by Crippen LogP contribution is 2.30. The minimum atomic E-state index is 0.0137. The van der Waals surface area contributed by atoms with E-state index in [9.17, 15) is 9.59 Å². The van der Waals surface area contributed by atoms with Crippen LogP contribution in [-0.4, -0.2) is 23.7 Å². The molecule has 0 aliphatic heterocycles. The summed E-state index contributed by atoms with van der Waals surface area (Å²) >= 11 is 1.31. The van der Waals surface area contributed by atoms with E-state index in [-0.39, 0.29) is 17.6 Å². The van der Waals surface area contributed by atoms with Crippen LogP contribution in [0.15, 0.2) is 0 Å². The number of Topliss-reactive ketones (excluding diaryl/α,β-unsaturated/α-hetero) is 1. The number of hydrogen-bond acceptors (Lipinski definition) is 4. The maximum atomic E-state index is 12.4. The second-order valence-corrected chi connectivity index (χ2v) is 6.18. The van der Waals surface area contributed by atoms with Crippen LogP contribution in [0.3, 0.4) is 0 Å². The number of carbonyl (C=O) groups excluding carboxylic acids is 2. The Kier molecular flexibility index (Phi) is 4.34. The van der Waals surface area contributed by atoms with Crippen molar-refractivity contribution in [3.8, 4) is 0 Å². The second kappa shape index (κ2) is 5.82. The average molecular weight is 280 g/mol. The van der Waals surface area contributed by atoms with E-state index in [4.69, 9.17) is 0 Å². The summed E-state index contributed by atoms with van der Waals surface area (Å²) in [5.74, 6) is 0.284. The maximum absolute atomic E-state index is 12.4. The standard InChI is InChI=1S/C14H20N2O2S/c1-9-12(10(2)17)19-14(15-9)16(3)13(18)11-7-5-4-6-8-11/h11H,4-8H2,1-3H3. The number of hydrogen-bond donors (Lipinski definition) is 0. The van der Waals surface area contributed by atoms with Gasteiger partial charge in [-0.25, -0.2) is 4.98 Å². The molecule has 1 heterocycles. The Labute approximate surface area is 117 Å². The van der Waals surface area contributed by atoms with Crippen LogP contribution in [0.1, 0.15) is 54.4 Å². The highest BCUT2D eigenvalue weighted by Gasteiger charge is 2.26. The predicted octanol–water partition coefficient (Wildman–Crippen LogP) is 3.20. The Hall–Kier alpha value is -1.23. The van der Waals surface area contributed by atoms with E-state index in [0.29, 0.717) is 10.0 Å². The molecule has 0 unspecified atom stereocenters. The van der Waals surface area contributed by atoms with Crippen molar-refractivity contribution in [1.82, 2.24) is 4.98 Å². The first-order valence-corrected chi connectivity index (χ1v) is 7.58. The summed E-state index contributed by atoms with van der Waals surface area (Å²) in [6.07, 6.45) is 5.47. The van der Waals surface area contributed by atoms with Gasteiger partial charge in [0.15, 0.2) is 10.9 Å². The molecule has 1 saturated carbocycles. The fraction of sp³-hybridized carbons (Fsp3) is 0.643. The van der Waals surface area contributed by atoms with Gasteiger partial charge in [-0.05, 0) is 19.8 Å². The molecule has 0 atom stereocenters. The Bertz CT molecular complexity index is 490. The summed E-state index contributed by atoms with van der Waals surface area (Å²) in [5, 5.41) is 0.637. The van der Waals surface area contributed by atoms with E-state index in [1.807, 2.05) is 6.92 Å². The number of aryl methyl sites for hydroxylation is 1. The lowest BCUT2D eigenvalue weighted by molar-refractivity contribution is -0.123. The first-order valence-electron chi connectivity index (χ1n) is 6.76. The first kappa shape index (κ1) is 14.2. The molecule has 0 saturated heterocycles. The van der Waals surface area contributed by atoms with Gasteiger partial charge in [-0.3, -0.25) is 14.5 Å². The average Bonchev–Trinajstić information content (AvgIpc) is 2.80. The smallest absolute Gasteiger partial charge is 0.231 e. The van der Waals surface area contributed by atoms with Gasteiger partial charge in [0, 0.05) is 19.9 Å². The van der Waals surface area contributed by atoms with Gasteiger partial charge in [0.05, 0.1) is 10.6 Å². The highest BCUT2D eigenvalue weighted by molar-refractivity contribution is 7.17. The summed E-state index contributed by atoms with van der Waals surface area (Å²) in [6, 6.07) is 0. The Morgan fingerprint density at radius 2 is 1.89 bits per heavy atom. The van der Waals surface area contributed by atoms with Crippen molar-refractivity contribution in [3.63, 3.8) is 0 Å². The van der Waals surface area contributed by atoms with Gasteiger partial charge in [0.25, 0.3) is 0 Å². The molecular weight excluding hydrogens is 260 g/mol. The number of amides is 1. The van der Waals surface area contributed by atoms with Gasteiger partial charge in [-0.1, -0.05) is 30.6 Å². The monoisotopic (exact) mass is 280 g/mol. The van der Waals surface area contributed by atoms with Crippen LogP contribution in [0.2, 0.25) is 0 Å². The van der Waals surface area contributed by atoms with Crippen LogP contribution >= 0.6 is 11.3 Å². The minimum Gasteiger partial charge on any atom is -0.294 e. The third-order valence-electron chi connectivity index (χ3n) is 3.68. The normalized spacial score (nSPS) is 16.4. The molecule has 5 heteroatoms. The predicted molar refractivity (Wildman–Crippen MR) is 76.8 cm³/mol. The Morgan fingerprint density at radius 3 is 2.42 bits per heavy atom. The SMILES string of the molecule is CC(=O)c1sc(N(C)C(=O)C2CCCCC2)nc1C. The van der Waals surface area contributed by atoms with Crippen LogP contribution < -0.4 is 4.90 Å². The lowest BCUT2D eigenvalue weighted by Crippen LogP contribution is -2.33. The fourth-order valence-corrected chi connectivity index (χ4v) is 3.50. The van der Waals surface area contributed by atoms with Crippen LogP contribution in [0.5, 0.6) is 0 Å². The third kappa shape index (κ3) is 3.03. The van der Waals surface area contributed by atoms with Crippen LogP contribution in [0.25, 0.3) is 0 Å². The lowest BCUT2D eigenvalue weighted by atomic mass is 9.88. The van der Waals surface area contributed by atoms with Crippen molar-refractivity contribution in [2.24, 2.45) is 5.92 Å². The summed E-state index contributed by atoms with van der Waals surface area (Å²) in [6.45, 7) is 3.35. The van der Waals surface area contributed by atoms with Gasteiger partial charge in [-0.2, -0.15) is 0 Å². The Morgan fingerprint density at radius 1 is 1.26 bits per heavy atom. The van der Waals surface area contributed by atoms with Gasteiger partial charge < -0.3 is 0 Å². The molecule has 1 aromatic heterocycles. The minimum absolute atomic E-state index is 0.0137. The number of rotatable bonds is 3. The number of carbonyl (C=O) groups is 2. The van der Waals surface area contributed by atoms with Crippen molar-refractivity contribution in [2.45, 2.75) is 46.0 Å². The van der Waals surface area contributed by atoms with Gasteiger partial charge in [-0.15, -0.1) is 0 Å². The van der Waals surface area contributed by atoms with Gasteiger partial charge in [0.2, 0.25) is 5.91 Å². The number of anilines is 1. The molecule has 0 radical (unpaired) electrons. The zero-order chi connectivity index (χ0) is 14.0. The summed E-state index contributed by atoms with van der Waals surface area (Å²) in [4.78, 5) is 30.5. The molecule has 0 aromatic carbocycles. The maximum Gasteiger partial charge on any atom is 0.231 e. The van der Waals surface area contributed by atoms with E-state index >= 15 is 0 Å². The lowest BCUT2D eigenvalue weighted by Gasteiger charge is -2.24. The molecule has 19 heavy (non-hydrogen) atoms. The zero-order valence-electron chi connectivity index (χ0n) is 11.7. The third-order valence-corrected chi connectivity index (χ3v) is 5.01. The molecule has 1 amide bonds. The second-order valence-electron chi connectivity index (χ2n) is 5.20. The van der Waals surface area contributed by atoms with Crippen LogP contribution in [-0.2, 0) is 4.79 Å². The van der Waals surface area contributed by atoms with Crippen molar-refractivity contribution in [3.05, 3.63) is 10.6 Å². The topological polar surface area (TPSA) is 50.3 Å². The molecule has 104 valence electrons. The highest BCUT2D eigenvalue weighted by atomic mass is 32.1. The summed E-state index contributed by atoms with van der Waals surface area (Å²) in [5.41, 5.74) is 0.718. The zero-order valence-corrected chi connectivity index (χ0v) is 12.5. The van der Waals surface area contributed by atoms with Gasteiger partial charge >= 0.3 is 0 Å². The number of nitrogens with zero attached hydrogens (tertiary/aromatic N) is 2. The van der Waals surface area contributed by atoms with Crippen molar-refractivity contribution >= 4 is 28.2 Å². The number of ketones is 1. The molecule has 0 N–H and O–H groups in total.